The molecule has 0 spiro atoms. The Bertz CT molecular complexity index is 612. The van der Waals surface area contributed by atoms with Crippen molar-refractivity contribution in [2.45, 2.75) is 32.5 Å². The first-order valence-electron chi connectivity index (χ1n) is 8.27. The Morgan fingerprint density at radius 3 is 2.78 bits per heavy atom. The Morgan fingerprint density at radius 2 is 2.09 bits per heavy atom. The van der Waals surface area contributed by atoms with E-state index in [0.717, 1.165) is 49.7 Å². The molecule has 23 heavy (non-hydrogen) atoms. The highest BCUT2D eigenvalue weighted by molar-refractivity contribution is 5.58. The molecule has 1 aromatic heterocycles. The summed E-state index contributed by atoms with van der Waals surface area (Å²) >= 11 is 0. The molecular formula is C18H25N3O2. The van der Waals surface area contributed by atoms with Crippen molar-refractivity contribution in [3.8, 4) is 11.3 Å². The lowest BCUT2D eigenvalue weighted by Gasteiger charge is -2.40. The highest BCUT2D eigenvalue weighted by Gasteiger charge is 2.25. The molecule has 0 unspecified atom stereocenters. The summed E-state index contributed by atoms with van der Waals surface area (Å²) in [6, 6.07) is 12.6. The molecule has 0 saturated carbocycles. The zero-order valence-electron chi connectivity index (χ0n) is 13.9. The summed E-state index contributed by atoms with van der Waals surface area (Å²) in [4.78, 5) is 4.73. The number of hydrogen-bond donors (Lipinski definition) is 1. The molecule has 124 valence electrons. The van der Waals surface area contributed by atoms with Crippen LogP contribution >= 0.6 is 0 Å². The van der Waals surface area contributed by atoms with Gasteiger partial charge in [-0.05, 0) is 13.8 Å². The van der Waals surface area contributed by atoms with E-state index < -0.39 is 0 Å². The molecule has 1 saturated heterocycles. The number of piperazine rings is 1. The van der Waals surface area contributed by atoms with Gasteiger partial charge in [-0.2, -0.15) is 0 Å². The molecule has 1 N–H and O–H groups in total. The van der Waals surface area contributed by atoms with Gasteiger partial charge >= 0.3 is 0 Å². The predicted molar refractivity (Wildman–Crippen MR) is 89.9 cm³/mol. The molecule has 5 nitrogen and oxygen atoms in total. The molecule has 5 heteroatoms. The number of aliphatic hydroxyl groups is 1. The molecule has 2 aromatic rings. The number of aliphatic hydroxyl groups excluding tert-OH is 1. The SMILES string of the molecule is C[C@@H]1CN(Cc2cc(-c3ccccc3)no2)CCN1C[C@@H](C)O. The van der Waals surface area contributed by atoms with Crippen molar-refractivity contribution in [2.24, 2.45) is 0 Å². The first-order valence-corrected chi connectivity index (χ1v) is 8.27. The van der Waals surface area contributed by atoms with Gasteiger partial charge in [0, 0.05) is 43.9 Å². The zero-order valence-corrected chi connectivity index (χ0v) is 13.9. The third-order valence-electron chi connectivity index (χ3n) is 4.36. The third-order valence-corrected chi connectivity index (χ3v) is 4.36. The van der Waals surface area contributed by atoms with Crippen LogP contribution in [0.2, 0.25) is 0 Å². The maximum absolute atomic E-state index is 9.56. The van der Waals surface area contributed by atoms with Gasteiger partial charge in [-0.25, -0.2) is 0 Å². The molecule has 3 rings (SSSR count). The van der Waals surface area contributed by atoms with Crippen molar-refractivity contribution < 1.29 is 9.63 Å². The van der Waals surface area contributed by atoms with Crippen LogP contribution in [0, 0.1) is 0 Å². The molecule has 1 aliphatic heterocycles. The molecule has 0 aliphatic carbocycles. The quantitative estimate of drug-likeness (QED) is 0.917. The van der Waals surface area contributed by atoms with Crippen LogP contribution in [0.1, 0.15) is 19.6 Å². The maximum atomic E-state index is 9.56. The summed E-state index contributed by atoms with van der Waals surface area (Å²) < 4.78 is 5.50. The van der Waals surface area contributed by atoms with Gasteiger partial charge in [-0.3, -0.25) is 9.80 Å². The fourth-order valence-corrected chi connectivity index (χ4v) is 3.18. The Labute approximate surface area is 137 Å². The summed E-state index contributed by atoms with van der Waals surface area (Å²) in [5.74, 6) is 0.903. The van der Waals surface area contributed by atoms with E-state index in [1.54, 1.807) is 0 Å². The molecule has 2 atom stereocenters. The van der Waals surface area contributed by atoms with Crippen molar-refractivity contribution in [1.82, 2.24) is 15.0 Å². The van der Waals surface area contributed by atoms with Crippen molar-refractivity contribution in [3.05, 3.63) is 42.2 Å². The van der Waals surface area contributed by atoms with Crippen LogP contribution in [-0.4, -0.2) is 58.4 Å². The summed E-state index contributed by atoms with van der Waals surface area (Å²) in [6.07, 6.45) is -0.272. The van der Waals surface area contributed by atoms with Gasteiger partial charge in [0.25, 0.3) is 0 Å². The van der Waals surface area contributed by atoms with Crippen LogP contribution < -0.4 is 0 Å². The Kier molecular flexibility index (Phi) is 5.10. The summed E-state index contributed by atoms with van der Waals surface area (Å²) in [6.45, 7) is 8.53. The summed E-state index contributed by atoms with van der Waals surface area (Å²) in [7, 11) is 0. The van der Waals surface area contributed by atoms with Crippen molar-refractivity contribution in [1.29, 1.82) is 0 Å². The van der Waals surface area contributed by atoms with E-state index in [4.69, 9.17) is 4.52 Å². The average Bonchev–Trinajstić information content (AvgIpc) is 2.99. The molecular weight excluding hydrogens is 290 g/mol. The number of nitrogens with zero attached hydrogens (tertiary/aromatic N) is 3. The van der Waals surface area contributed by atoms with Gasteiger partial charge in [-0.15, -0.1) is 0 Å². The van der Waals surface area contributed by atoms with Gasteiger partial charge in [0.1, 0.15) is 5.69 Å². The van der Waals surface area contributed by atoms with Gasteiger partial charge in [0.05, 0.1) is 12.6 Å². The second-order valence-electron chi connectivity index (χ2n) is 6.47. The zero-order chi connectivity index (χ0) is 16.2. The monoisotopic (exact) mass is 315 g/mol. The minimum atomic E-state index is -0.272. The number of β-amino-alcohol motifs (C(OH)–C–C–N with tert-alkyl or cyclic N) is 1. The Morgan fingerprint density at radius 1 is 1.30 bits per heavy atom. The van der Waals surface area contributed by atoms with Crippen LogP contribution in [0.5, 0.6) is 0 Å². The van der Waals surface area contributed by atoms with E-state index in [2.05, 4.69) is 21.9 Å². The standard InChI is InChI=1S/C18H25N3O2/c1-14-11-20(8-9-21(14)12-15(2)22)13-17-10-18(19-23-17)16-6-4-3-5-7-16/h3-7,10,14-15,22H,8-9,11-13H2,1-2H3/t14-,15-/m1/s1. The molecule has 1 aliphatic rings. The van der Waals surface area contributed by atoms with Crippen molar-refractivity contribution in [2.75, 3.05) is 26.2 Å². The highest BCUT2D eigenvalue weighted by atomic mass is 16.5. The van der Waals surface area contributed by atoms with Crippen LogP contribution in [0.15, 0.2) is 40.9 Å². The van der Waals surface area contributed by atoms with E-state index in [1.807, 2.05) is 43.3 Å². The van der Waals surface area contributed by atoms with E-state index >= 15 is 0 Å². The normalized spacial score (nSPS) is 21.4. The van der Waals surface area contributed by atoms with Crippen molar-refractivity contribution >= 4 is 0 Å². The smallest absolute Gasteiger partial charge is 0.151 e. The summed E-state index contributed by atoms with van der Waals surface area (Å²) in [5, 5.41) is 13.7. The third kappa shape index (κ3) is 4.19. The number of benzene rings is 1. The highest BCUT2D eigenvalue weighted by Crippen LogP contribution is 2.20. The summed E-state index contributed by atoms with van der Waals surface area (Å²) in [5.41, 5.74) is 1.97. The second kappa shape index (κ2) is 7.25. The van der Waals surface area contributed by atoms with Crippen LogP contribution in [0.4, 0.5) is 0 Å². The van der Waals surface area contributed by atoms with Gasteiger partial charge in [0.2, 0.25) is 0 Å². The molecule has 0 radical (unpaired) electrons. The predicted octanol–water partition coefficient (Wildman–Crippen LogP) is 2.23. The van der Waals surface area contributed by atoms with E-state index in [9.17, 15) is 5.11 Å². The van der Waals surface area contributed by atoms with E-state index in [0.29, 0.717) is 6.04 Å². The molecule has 0 bridgehead atoms. The van der Waals surface area contributed by atoms with Gasteiger partial charge < -0.3 is 9.63 Å². The molecule has 2 heterocycles. The largest absolute Gasteiger partial charge is 0.392 e. The van der Waals surface area contributed by atoms with Crippen LogP contribution in [0.3, 0.4) is 0 Å². The Hall–Kier alpha value is -1.69. The topological polar surface area (TPSA) is 52.7 Å². The van der Waals surface area contributed by atoms with Crippen LogP contribution in [-0.2, 0) is 6.54 Å². The Balaban J connectivity index is 1.58. The molecule has 1 aromatic carbocycles. The molecule has 1 fully saturated rings. The first-order chi connectivity index (χ1) is 11.1. The first kappa shape index (κ1) is 16.2. The van der Waals surface area contributed by atoms with Crippen molar-refractivity contribution in [3.63, 3.8) is 0 Å². The number of aromatic nitrogens is 1. The van der Waals surface area contributed by atoms with E-state index in [1.165, 1.54) is 0 Å². The van der Waals surface area contributed by atoms with Crippen LogP contribution in [0.25, 0.3) is 11.3 Å². The minimum absolute atomic E-state index is 0.272. The number of rotatable bonds is 5. The maximum Gasteiger partial charge on any atom is 0.151 e. The second-order valence-corrected chi connectivity index (χ2v) is 6.47. The fourth-order valence-electron chi connectivity index (χ4n) is 3.18. The fraction of sp³-hybridized carbons (Fsp3) is 0.500. The minimum Gasteiger partial charge on any atom is -0.392 e. The lowest BCUT2D eigenvalue weighted by Crippen LogP contribution is -2.53. The lowest BCUT2D eigenvalue weighted by atomic mass is 10.1. The number of hydrogen-bond acceptors (Lipinski definition) is 5. The average molecular weight is 315 g/mol. The van der Waals surface area contributed by atoms with Gasteiger partial charge in [0.15, 0.2) is 5.76 Å². The lowest BCUT2D eigenvalue weighted by molar-refractivity contribution is 0.0392. The van der Waals surface area contributed by atoms with E-state index in [-0.39, 0.29) is 6.10 Å². The molecule has 0 amide bonds. The van der Waals surface area contributed by atoms with Gasteiger partial charge in [-0.1, -0.05) is 35.5 Å².